The number of aliphatic hydroxyl groups is 1. The zero-order valence-electron chi connectivity index (χ0n) is 15.6. The van der Waals surface area contributed by atoms with Crippen molar-refractivity contribution in [2.24, 2.45) is 0 Å². The van der Waals surface area contributed by atoms with Crippen molar-refractivity contribution in [1.29, 1.82) is 0 Å². The van der Waals surface area contributed by atoms with Gasteiger partial charge in [-0.05, 0) is 31.2 Å². The van der Waals surface area contributed by atoms with Gasteiger partial charge in [-0.25, -0.2) is 9.59 Å². The number of carbonyl (C=O) groups excluding carboxylic acids is 2. The predicted molar refractivity (Wildman–Crippen MR) is 98.6 cm³/mol. The molecule has 2 aromatic carbocycles. The number of benzene rings is 2. The number of hydrogen-bond donors (Lipinski definition) is 1. The summed E-state index contributed by atoms with van der Waals surface area (Å²) in [5.41, 5.74) is 0.662. The lowest BCUT2D eigenvalue weighted by Crippen LogP contribution is -2.59. The lowest BCUT2D eigenvalue weighted by atomic mass is 9.99. The zero-order chi connectivity index (χ0) is 20.1. The summed E-state index contributed by atoms with van der Waals surface area (Å²) < 4.78 is 21.8. The zero-order valence-corrected chi connectivity index (χ0v) is 15.6. The molecule has 1 aliphatic rings. The average Bonchev–Trinajstić information content (AvgIpc) is 2.73. The summed E-state index contributed by atoms with van der Waals surface area (Å²) in [5, 5.41) is 10.8. The van der Waals surface area contributed by atoms with Crippen LogP contribution >= 0.6 is 0 Å². The molecule has 0 saturated carbocycles. The van der Waals surface area contributed by atoms with Crippen molar-refractivity contribution >= 4 is 11.9 Å². The number of methoxy groups -OCH3 is 1. The molecule has 0 radical (unpaired) electrons. The van der Waals surface area contributed by atoms with E-state index in [1.165, 1.54) is 7.11 Å². The molecule has 3 rings (SSSR count). The Morgan fingerprint density at radius 1 is 0.857 bits per heavy atom. The summed E-state index contributed by atoms with van der Waals surface area (Å²) in [4.78, 5) is 24.8. The smallest absolute Gasteiger partial charge is 0.338 e. The molecule has 1 aliphatic heterocycles. The first-order valence-electron chi connectivity index (χ1n) is 8.89. The van der Waals surface area contributed by atoms with E-state index in [1.807, 2.05) is 0 Å². The van der Waals surface area contributed by atoms with Crippen LogP contribution in [-0.4, -0.2) is 54.9 Å². The third-order valence-electron chi connectivity index (χ3n) is 4.49. The van der Waals surface area contributed by atoms with E-state index in [0.29, 0.717) is 11.1 Å². The molecule has 5 atom stereocenters. The van der Waals surface area contributed by atoms with Gasteiger partial charge < -0.3 is 24.1 Å². The van der Waals surface area contributed by atoms with Gasteiger partial charge in [-0.2, -0.15) is 0 Å². The Balaban J connectivity index is 1.75. The number of ether oxygens (including phenoxy) is 4. The largest absolute Gasteiger partial charge is 0.453 e. The Kier molecular flexibility index (Phi) is 6.41. The van der Waals surface area contributed by atoms with E-state index < -0.39 is 42.6 Å². The van der Waals surface area contributed by atoms with E-state index in [1.54, 1.807) is 67.6 Å². The first-order chi connectivity index (χ1) is 13.5. The summed E-state index contributed by atoms with van der Waals surface area (Å²) in [7, 11) is 1.38. The van der Waals surface area contributed by atoms with Crippen LogP contribution in [0.25, 0.3) is 0 Å². The molecule has 0 aliphatic carbocycles. The maximum absolute atomic E-state index is 12.4. The van der Waals surface area contributed by atoms with Crippen LogP contribution < -0.4 is 0 Å². The molecule has 0 amide bonds. The molecular weight excluding hydrogens is 364 g/mol. The lowest BCUT2D eigenvalue weighted by molar-refractivity contribution is -0.284. The van der Waals surface area contributed by atoms with Crippen molar-refractivity contribution < 1.29 is 33.6 Å². The molecule has 7 nitrogen and oxygen atoms in total. The van der Waals surface area contributed by atoms with Crippen molar-refractivity contribution in [3.05, 3.63) is 71.8 Å². The third-order valence-corrected chi connectivity index (χ3v) is 4.49. The molecule has 1 saturated heterocycles. The molecule has 7 heteroatoms. The molecule has 1 heterocycles. The van der Waals surface area contributed by atoms with Gasteiger partial charge in [0.2, 0.25) is 0 Å². The number of carbonyl (C=O) groups is 2. The molecule has 1 fully saturated rings. The Hall–Kier alpha value is -2.74. The highest BCUT2D eigenvalue weighted by molar-refractivity contribution is 5.90. The quantitative estimate of drug-likeness (QED) is 0.788. The Labute approximate surface area is 162 Å². The summed E-state index contributed by atoms with van der Waals surface area (Å²) >= 11 is 0. The van der Waals surface area contributed by atoms with E-state index in [0.717, 1.165) is 0 Å². The van der Waals surface area contributed by atoms with E-state index in [-0.39, 0.29) is 0 Å². The Morgan fingerprint density at radius 2 is 1.32 bits per heavy atom. The first kappa shape index (κ1) is 20.0. The van der Waals surface area contributed by atoms with E-state index in [9.17, 15) is 14.7 Å². The Bertz CT molecular complexity index is 793. The van der Waals surface area contributed by atoms with Crippen LogP contribution in [0.2, 0.25) is 0 Å². The van der Waals surface area contributed by atoms with Crippen molar-refractivity contribution in [3.63, 3.8) is 0 Å². The minimum atomic E-state index is -1.32. The van der Waals surface area contributed by atoms with Crippen molar-refractivity contribution in [3.8, 4) is 0 Å². The summed E-state index contributed by atoms with van der Waals surface area (Å²) in [6.45, 7) is 1.65. The first-order valence-corrected chi connectivity index (χ1v) is 8.89. The molecule has 28 heavy (non-hydrogen) atoms. The normalized spacial score (nSPS) is 27.0. The van der Waals surface area contributed by atoms with Crippen LogP contribution in [0.1, 0.15) is 27.6 Å². The van der Waals surface area contributed by atoms with Gasteiger partial charge in [-0.15, -0.1) is 0 Å². The molecule has 0 unspecified atom stereocenters. The van der Waals surface area contributed by atoms with Gasteiger partial charge in [0, 0.05) is 7.11 Å². The van der Waals surface area contributed by atoms with Gasteiger partial charge in [0.15, 0.2) is 18.5 Å². The maximum atomic E-state index is 12.4. The monoisotopic (exact) mass is 386 g/mol. The van der Waals surface area contributed by atoms with Gasteiger partial charge in [-0.3, -0.25) is 0 Å². The standard InChI is InChI=1S/C21H22O7/c1-13-17(27-19(23)14-9-5-3-6-10-14)16(22)18(21(25-2)26-13)28-20(24)15-11-7-4-8-12-15/h3-13,16-18,21-22H,1-2H3/t13-,16+,17-,18+,21+/m0/s1. The molecule has 0 bridgehead atoms. The highest BCUT2D eigenvalue weighted by Crippen LogP contribution is 2.27. The number of aliphatic hydroxyl groups excluding tert-OH is 1. The average molecular weight is 386 g/mol. The summed E-state index contributed by atoms with van der Waals surface area (Å²) in [6.07, 6.45) is -5.19. The van der Waals surface area contributed by atoms with Crippen LogP contribution in [0.15, 0.2) is 60.7 Å². The summed E-state index contributed by atoms with van der Waals surface area (Å²) in [5.74, 6) is -1.25. The van der Waals surface area contributed by atoms with E-state index >= 15 is 0 Å². The van der Waals surface area contributed by atoms with Gasteiger partial charge >= 0.3 is 11.9 Å². The van der Waals surface area contributed by atoms with Crippen molar-refractivity contribution in [2.75, 3.05) is 7.11 Å². The second-order valence-electron chi connectivity index (χ2n) is 6.41. The number of rotatable bonds is 5. The maximum Gasteiger partial charge on any atom is 0.338 e. The highest BCUT2D eigenvalue weighted by atomic mass is 16.7. The van der Waals surface area contributed by atoms with Crippen LogP contribution in [0.4, 0.5) is 0 Å². The molecule has 2 aromatic rings. The second-order valence-corrected chi connectivity index (χ2v) is 6.41. The van der Waals surface area contributed by atoms with Gasteiger partial charge in [-0.1, -0.05) is 36.4 Å². The van der Waals surface area contributed by atoms with Crippen LogP contribution in [0, 0.1) is 0 Å². The van der Waals surface area contributed by atoms with Gasteiger partial charge in [0.25, 0.3) is 0 Å². The predicted octanol–water partition coefficient (Wildman–Crippen LogP) is 2.19. The third kappa shape index (κ3) is 4.39. The fourth-order valence-electron chi connectivity index (χ4n) is 3.00. The number of esters is 2. The Morgan fingerprint density at radius 3 is 1.79 bits per heavy atom. The lowest BCUT2D eigenvalue weighted by Gasteiger charge is -2.41. The minimum absolute atomic E-state index is 0.320. The van der Waals surface area contributed by atoms with Crippen LogP contribution in [0.3, 0.4) is 0 Å². The van der Waals surface area contributed by atoms with Crippen molar-refractivity contribution in [1.82, 2.24) is 0 Å². The van der Waals surface area contributed by atoms with Crippen LogP contribution in [0.5, 0.6) is 0 Å². The molecule has 0 aromatic heterocycles. The number of hydrogen-bond acceptors (Lipinski definition) is 7. The topological polar surface area (TPSA) is 91.3 Å². The highest BCUT2D eigenvalue weighted by Gasteiger charge is 2.48. The molecular formula is C21H22O7. The van der Waals surface area contributed by atoms with Crippen LogP contribution in [-0.2, 0) is 18.9 Å². The van der Waals surface area contributed by atoms with E-state index in [4.69, 9.17) is 18.9 Å². The fourth-order valence-corrected chi connectivity index (χ4v) is 3.00. The van der Waals surface area contributed by atoms with Gasteiger partial charge in [0.05, 0.1) is 17.2 Å². The summed E-state index contributed by atoms with van der Waals surface area (Å²) in [6, 6.07) is 16.8. The molecule has 0 spiro atoms. The second kappa shape index (κ2) is 8.97. The van der Waals surface area contributed by atoms with Crippen molar-refractivity contribution in [2.45, 2.75) is 37.6 Å². The minimum Gasteiger partial charge on any atom is -0.453 e. The SMILES string of the molecule is CO[C@@H]1O[C@@H](C)[C@H](OC(=O)c2ccccc2)[C@@H](O)[C@H]1OC(=O)c1ccccc1. The molecule has 1 N–H and O–H groups in total. The molecule has 148 valence electrons. The van der Waals surface area contributed by atoms with E-state index in [2.05, 4.69) is 0 Å². The van der Waals surface area contributed by atoms with Gasteiger partial charge in [0.1, 0.15) is 6.10 Å². The fraction of sp³-hybridized carbons (Fsp3) is 0.333.